The number of para-hydroxylation sites is 1. The van der Waals surface area contributed by atoms with Crippen molar-refractivity contribution in [1.82, 2.24) is 10.5 Å². The fourth-order valence-corrected chi connectivity index (χ4v) is 1.51. The molecule has 0 bridgehead atoms. The third-order valence-electron chi connectivity index (χ3n) is 2.36. The normalized spacial score (nSPS) is 12.1. The van der Waals surface area contributed by atoms with Crippen LogP contribution in [0, 0.1) is 0 Å². The number of hydroxylamine groups is 1. The molecular weight excluding hydrogens is 300 g/mol. The molecule has 0 aliphatic heterocycles. The van der Waals surface area contributed by atoms with Gasteiger partial charge < -0.3 is 9.82 Å². The molecule has 1 atom stereocenters. The van der Waals surface area contributed by atoms with E-state index in [9.17, 15) is 9.59 Å². The van der Waals surface area contributed by atoms with Gasteiger partial charge in [0.25, 0.3) is 5.91 Å². The summed E-state index contributed by atoms with van der Waals surface area (Å²) in [5.41, 5.74) is 3.20. The molecule has 0 aliphatic rings. The Morgan fingerprint density at radius 3 is 2.78 bits per heavy atom. The fraction of sp³-hybridized carbons (Fsp3) is 0.167. The fourth-order valence-electron chi connectivity index (χ4n) is 1.42. The molecule has 2 rings (SSSR count). The molecule has 1 heterocycles. The predicted molar refractivity (Wildman–Crippen MR) is 70.2 cm³/mol. The topological polar surface area (TPSA) is 71.2 Å². The summed E-state index contributed by atoms with van der Waals surface area (Å²) in [7, 11) is 0. The van der Waals surface area contributed by atoms with Gasteiger partial charge in [0.2, 0.25) is 0 Å². The quantitative estimate of drug-likeness (QED) is 0.659. The Bertz CT molecular complexity index is 559. The number of carbonyl (C=O) groups is 2. The number of hydrogen-bond donors (Lipinski definition) is 2. The minimum absolute atomic E-state index is 0.290. The molecule has 1 amide bonds. The third-order valence-corrected chi connectivity index (χ3v) is 2.77. The number of aromatic nitrogens is 1. The maximum atomic E-state index is 11.7. The molecular formula is C12H11BrN2O3. The van der Waals surface area contributed by atoms with Gasteiger partial charge in [-0.25, -0.2) is 4.79 Å². The molecule has 5 nitrogen and oxygen atoms in total. The zero-order chi connectivity index (χ0) is 13.1. The van der Waals surface area contributed by atoms with Gasteiger partial charge in [0.05, 0.1) is 4.83 Å². The van der Waals surface area contributed by atoms with Crippen molar-refractivity contribution in [3.63, 3.8) is 0 Å². The summed E-state index contributed by atoms with van der Waals surface area (Å²) in [5, 5.41) is 0.907. The van der Waals surface area contributed by atoms with Gasteiger partial charge in [0.15, 0.2) is 0 Å². The average Bonchev–Trinajstić information content (AvgIpc) is 2.79. The monoisotopic (exact) mass is 310 g/mol. The van der Waals surface area contributed by atoms with Crippen molar-refractivity contribution in [2.75, 3.05) is 0 Å². The van der Waals surface area contributed by atoms with Crippen molar-refractivity contribution in [2.45, 2.75) is 11.8 Å². The molecule has 0 spiro atoms. The van der Waals surface area contributed by atoms with Crippen molar-refractivity contribution in [1.29, 1.82) is 0 Å². The molecule has 1 unspecified atom stereocenters. The lowest BCUT2D eigenvalue weighted by atomic mass is 10.2. The van der Waals surface area contributed by atoms with Crippen LogP contribution >= 0.6 is 15.9 Å². The Morgan fingerprint density at radius 2 is 2.11 bits per heavy atom. The smallest absolute Gasteiger partial charge is 0.349 e. The highest BCUT2D eigenvalue weighted by Gasteiger charge is 2.14. The number of alkyl halides is 1. The number of rotatable bonds is 2. The van der Waals surface area contributed by atoms with E-state index >= 15 is 0 Å². The Kier molecular flexibility index (Phi) is 3.66. The van der Waals surface area contributed by atoms with Crippen LogP contribution in [0.3, 0.4) is 0 Å². The van der Waals surface area contributed by atoms with Crippen LogP contribution in [0.1, 0.15) is 17.4 Å². The second-order valence-corrected chi connectivity index (χ2v) is 5.12. The second-order valence-electron chi connectivity index (χ2n) is 3.74. The minimum Gasteiger partial charge on any atom is -0.349 e. The summed E-state index contributed by atoms with van der Waals surface area (Å²) in [6, 6.07) is 9.14. The van der Waals surface area contributed by atoms with Crippen molar-refractivity contribution >= 4 is 38.7 Å². The number of fused-ring (bicyclic) bond motifs is 1. The number of nitrogens with one attached hydrogen (secondary N) is 2. The van der Waals surface area contributed by atoms with Crippen LogP contribution in [0.2, 0.25) is 0 Å². The van der Waals surface area contributed by atoms with Crippen molar-refractivity contribution in [3.8, 4) is 0 Å². The van der Waals surface area contributed by atoms with Crippen LogP contribution in [0.5, 0.6) is 0 Å². The molecule has 0 saturated carbocycles. The number of amides is 1. The molecule has 0 radical (unpaired) electrons. The first-order chi connectivity index (χ1) is 8.58. The number of aromatic amines is 1. The molecule has 0 fully saturated rings. The van der Waals surface area contributed by atoms with Crippen molar-refractivity contribution in [2.24, 2.45) is 0 Å². The average molecular weight is 311 g/mol. The van der Waals surface area contributed by atoms with Crippen LogP contribution in [0.4, 0.5) is 0 Å². The highest BCUT2D eigenvalue weighted by Crippen LogP contribution is 2.14. The van der Waals surface area contributed by atoms with Gasteiger partial charge in [-0.05, 0) is 19.1 Å². The van der Waals surface area contributed by atoms with Crippen LogP contribution in [0.15, 0.2) is 30.3 Å². The second kappa shape index (κ2) is 5.22. The van der Waals surface area contributed by atoms with Gasteiger partial charge in [-0.15, -0.1) is 0 Å². The maximum absolute atomic E-state index is 11.7. The van der Waals surface area contributed by atoms with Gasteiger partial charge in [-0.3, -0.25) is 4.79 Å². The SMILES string of the molecule is CC(Br)C(=O)NOC(=O)c1cc2ccccc2[nH]1. The number of H-pyrrole nitrogens is 1. The van der Waals surface area contributed by atoms with E-state index in [4.69, 9.17) is 0 Å². The Morgan fingerprint density at radius 1 is 1.39 bits per heavy atom. The predicted octanol–water partition coefficient (Wildman–Crippen LogP) is 2.14. The highest BCUT2D eigenvalue weighted by molar-refractivity contribution is 9.10. The zero-order valence-corrected chi connectivity index (χ0v) is 11.2. The van der Waals surface area contributed by atoms with Gasteiger partial charge in [-0.2, -0.15) is 5.48 Å². The van der Waals surface area contributed by atoms with Gasteiger partial charge in [-0.1, -0.05) is 34.1 Å². The summed E-state index contributed by atoms with van der Waals surface area (Å²) in [6.07, 6.45) is 0. The van der Waals surface area contributed by atoms with E-state index in [1.54, 1.807) is 13.0 Å². The molecule has 2 N–H and O–H groups in total. The van der Waals surface area contributed by atoms with E-state index in [0.29, 0.717) is 5.69 Å². The molecule has 94 valence electrons. The van der Waals surface area contributed by atoms with E-state index < -0.39 is 16.7 Å². The van der Waals surface area contributed by atoms with Crippen LogP contribution in [-0.2, 0) is 9.63 Å². The first kappa shape index (κ1) is 12.6. The molecule has 0 aliphatic carbocycles. The maximum Gasteiger partial charge on any atom is 0.379 e. The largest absolute Gasteiger partial charge is 0.379 e. The summed E-state index contributed by atoms with van der Waals surface area (Å²) < 4.78 is 0. The summed E-state index contributed by atoms with van der Waals surface area (Å²) in [5.74, 6) is -1.05. The number of hydrogen-bond acceptors (Lipinski definition) is 3. The molecule has 2 aromatic rings. The summed E-state index contributed by atoms with van der Waals surface area (Å²) >= 11 is 3.06. The molecule has 18 heavy (non-hydrogen) atoms. The van der Waals surface area contributed by atoms with E-state index in [0.717, 1.165) is 10.9 Å². The minimum atomic E-state index is -0.632. The Balaban J connectivity index is 2.07. The first-order valence-corrected chi connectivity index (χ1v) is 6.22. The van der Waals surface area contributed by atoms with E-state index in [2.05, 4.69) is 31.2 Å². The lowest BCUT2D eigenvalue weighted by Crippen LogP contribution is -2.31. The third kappa shape index (κ3) is 2.70. The van der Waals surface area contributed by atoms with Crippen LogP contribution in [0.25, 0.3) is 10.9 Å². The van der Waals surface area contributed by atoms with Crippen molar-refractivity contribution < 1.29 is 14.4 Å². The van der Waals surface area contributed by atoms with E-state index in [1.165, 1.54) is 0 Å². The van der Waals surface area contributed by atoms with Gasteiger partial charge >= 0.3 is 5.97 Å². The Hall–Kier alpha value is -1.82. The van der Waals surface area contributed by atoms with E-state index in [1.807, 2.05) is 24.3 Å². The standard InChI is InChI=1S/C12H11BrN2O3/c1-7(13)11(16)15-18-12(17)10-6-8-4-2-3-5-9(8)14-10/h2-7,14H,1H3,(H,15,16). The number of benzene rings is 1. The zero-order valence-electron chi connectivity index (χ0n) is 9.57. The van der Waals surface area contributed by atoms with E-state index in [-0.39, 0.29) is 0 Å². The molecule has 1 aromatic heterocycles. The number of halogens is 1. The number of carbonyl (C=O) groups excluding carboxylic acids is 2. The molecule has 0 saturated heterocycles. The van der Waals surface area contributed by atoms with Crippen molar-refractivity contribution in [3.05, 3.63) is 36.0 Å². The van der Waals surface area contributed by atoms with Crippen LogP contribution < -0.4 is 5.48 Å². The lowest BCUT2D eigenvalue weighted by molar-refractivity contribution is -0.129. The Labute approximate surface area is 112 Å². The summed E-state index contributed by atoms with van der Waals surface area (Å²) in [4.78, 5) is 30.0. The first-order valence-electron chi connectivity index (χ1n) is 5.31. The summed E-state index contributed by atoms with van der Waals surface area (Å²) in [6.45, 7) is 1.63. The molecule has 6 heteroatoms. The van der Waals surface area contributed by atoms with Crippen LogP contribution in [-0.4, -0.2) is 21.7 Å². The molecule has 1 aromatic carbocycles. The lowest BCUT2D eigenvalue weighted by Gasteiger charge is -2.05. The van der Waals surface area contributed by atoms with Gasteiger partial charge in [0, 0.05) is 10.9 Å². The van der Waals surface area contributed by atoms with Gasteiger partial charge in [0.1, 0.15) is 5.69 Å². The highest BCUT2D eigenvalue weighted by atomic mass is 79.9.